The van der Waals surface area contributed by atoms with Gasteiger partial charge < -0.3 is 4.74 Å². The van der Waals surface area contributed by atoms with Gasteiger partial charge in [0.2, 0.25) is 5.91 Å². The molecular weight excluding hydrogens is 316 g/mol. The first kappa shape index (κ1) is 16.9. The van der Waals surface area contributed by atoms with Crippen LogP contribution in [0.15, 0.2) is 59.7 Å². The molecule has 0 aliphatic carbocycles. The topological polar surface area (TPSA) is 59.0 Å². The van der Waals surface area contributed by atoms with Crippen LogP contribution in [-0.2, 0) is 14.3 Å². The Morgan fingerprint density at radius 1 is 1.16 bits per heavy atom. The summed E-state index contributed by atoms with van der Waals surface area (Å²) >= 11 is 0. The zero-order valence-corrected chi connectivity index (χ0v) is 14.3. The number of hydrazone groups is 1. The van der Waals surface area contributed by atoms with Crippen molar-refractivity contribution >= 4 is 23.3 Å². The van der Waals surface area contributed by atoms with E-state index < -0.39 is 11.9 Å². The van der Waals surface area contributed by atoms with E-state index in [1.165, 1.54) is 5.01 Å². The SMILES string of the molecule is CCOC(=O)C1=NN(c2ccc(C)cc2)C(=O)C[C@H]1c1ccccc1. The molecule has 1 aliphatic heterocycles. The Hall–Kier alpha value is -2.95. The highest BCUT2D eigenvalue weighted by molar-refractivity contribution is 6.40. The van der Waals surface area contributed by atoms with Crippen molar-refractivity contribution in [2.24, 2.45) is 5.10 Å². The minimum absolute atomic E-state index is 0.147. The number of ether oxygens (including phenoxy) is 1. The first-order valence-corrected chi connectivity index (χ1v) is 8.30. The van der Waals surface area contributed by atoms with Crippen molar-refractivity contribution < 1.29 is 14.3 Å². The molecule has 2 aromatic carbocycles. The van der Waals surface area contributed by atoms with Gasteiger partial charge in [-0.15, -0.1) is 0 Å². The predicted molar refractivity (Wildman–Crippen MR) is 96.5 cm³/mol. The number of carbonyl (C=O) groups is 2. The lowest BCUT2D eigenvalue weighted by Gasteiger charge is -2.28. The van der Waals surface area contributed by atoms with Gasteiger partial charge in [-0.3, -0.25) is 4.79 Å². The number of anilines is 1. The van der Waals surface area contributed by atoms with Gasteiger partial charge in [0, 0.05) is 12.3 Å². The van der Waals surface area contributed by atoms with E-state index in [-0.39, 0.29) is 24.6 Å². The van der Waals surface area contributed by atoms with Crippen LogP contribution in [0.25, 0.3) is 0 Å². The van der Waals surface area contributed by atoms with Crippen LogP contribution in [0.4, 0.5) is 5.69 Å². The monoisotopic (exact) mass is 336 g/mol. The first-order chi connectivity index (χ1) is 12.1. The number of esters is 1. The van der Waals surface area contributed by atoms with Crippen LogP contribution in [0.2, 0.25) is 0 Å². The van der Waals surface area contributed by atoms with Crippen molar-refractivity contribution in [3.8, 4) is 0 Å². The number of amides is 1. The number of hydrogen-bond donors (Lipinski definition) is 0. The average molecular weight is 336 g/mol. The van der Waals surface area contributed by atoms with Gasteiger partial charge in [-0.1, -0.05) is 48.0 Å². The lowest BCUT2D eigenvalue weighted by molar-refractivity contribution is -0.135. The van der Waals surface area contributed by atoms with Crippen molar-refractivity contribution in [2.45, 2.75) is 26.2 Å². The molecule has 0 unspecified atom stereocenters. The van der Waals surface area contributed by atoms with Crippen LogP contribution in [0.5, 0.6) is 0 Å². The lowest BCUT2D eigenvalue weighted by Crippen LogP contribution is -2.39. The first-order valence-electron chi connectivity index (χ1n) is 8.30. The summed E-state index contributed by atoms with van der Waals surface area (Å²) in [6.45, 7) is 3.99. The summed E-state index contributed by atoms with van der Waals surface area (Å²) in [5, 5.41) is 5.66. The Morgan fingerprint density at radius 3 is 2.48 bits per heavy atom. The zero-order chi connectivity index (χ0) is 17.8. The molecule has 1 atom stereocenters. The third kappa shape index (κ3) is 3.60. The third-order valence-electron chi connectivity index (χ3n) is 4.12. The minimum atomic E-state index is -0.485. The number of carbonyl (C=O) groups excluding carboxylic acids is 2. The number of rotatable bonds is 4. The molecule has 128 valence electrons. The van der Waals surface area contributed by atoms with Crippen molar-refractivity contribution in [1.29, 1.82) is 0 Å². The highest BCUT2D eigenvalue weighted by Gasteiger charge is 2.35. The van der Waals surface area contributed by atoms with E-state index in [1.54, 1.807) is 6.92 Å². The summed E-state index contributed by atoms with van der Waals surface area (Å²) in [4.78, 5) is 25.1. The molecule has 0 radical (unpaired) electrons. The van der Waals surface area contributed by atoms with E-state index in [4.69, 9.17) is 4.74 Å². The molecule has 0 aromatic heterocycles. The van der Waals surface area contributed by atoms with Crippen LogP contribution in [0.3, 0.4) is 0 Å². The quantitative estimate of drug-likeness (QED) is 0.804. The van der Waals surface area contributed by atoms with Gasteiger partial charge in [-0.2, -0.15) is 5.10 Å². The summed E-state index contributed by atoms with van der Waals surface area (Å²) < 4.78 is 5.16. The molecule has 0 bridgehead atoms. The predicted octanol–water partition coefficient (Wildman–Crippen LogP) is 3.43. The van der Waals surface area contributed by atoms with Gasteiger partial charge >= 0.3 is 5.97 Å². The van der Waals surface area contributed by atoms with E-state index in [0.29, 0.717) is 5.69 Å². The highest BCUT2D eigenvalue weighted by atomic mass is 16.5. The average Bonchev–Trinajstić information content (AvgIpc) is 2.63. The second-order valence-corrected chi connectivity index (χ2v) is 5.91. The Bertz CT molecular complexity index is 797. The van der Waals surface area contributed by atoms with E-state index in [9.17, 15) is 9.59 Å². The van der Waals surface area contributed by atoms with Crippen LogP contribution in [-0.4, -0.2) is 24.2 Å². The highest BCUT2D eigenvalue weighted by Crippen LogP contribution is 2.30. The minimum Gasteiger partial charge on any atom is -0.461 e. The molecule has 2 aromatic rings. The number of hydrogen-bond acceptors (Lipinski definition) is 4. The van der Waals surface area contributed by atoms with Gasteiger partial charge in [-0.05, 0) is 31.5 Å². The smallest absolute Gasteiger partial charge is 0.355 e. The zero-order valence-electron chi connectivity index (χ0n) is 14.3. The third-order valence-corrected chi connectivity index (χ3v) is 4.12. The van der Waals surface area contributed by atoms with Crippen molar-refractivity contribution in [1.82, 2.24) is 0 Å². The number of benzene rings is 2. The van der Waals surface area contributed by atoms with Crippen molar-refractivity contribution in [3.63, 3.8) is 0 Å². The number of nitrogens with zero attached hydrogens (tertiary/aromatic N) is 2. The second kappa shape index (κ2) is 7.30. The molecular formula is C20H20N2O3. The molecule has 0 saturated heterocycles. The molecule has 3 rings (SSSR count). The normalized spacial score (nSPS) is 17.2. The largest absolute Gasteiger partial charge is 0.461 e. The molecule has 25 heavy (non-hydrogen) atoms. The van der Waals surface area contributed by atoms with Gasteiger partial charge in [0.25, 0.3) is 0 Å². The van der Waals surface area contributed by atoms with Crippen LogP contribution in [0.1, 0.15) is 30.4 Å². The Morgan fingerprint density at radius 2 is 1.84 bits per heavy atom. The maximum Gasteiger partial charge on any atom is 0.355 e. The molecule has 1 heterocycles. The summed E-state index contributed by atoms with van der Waals surface area (Å²) in [5.74, 6) is -1.03. The fraction of sp³-hybridized carbons (Fsp3) is 0.250. The molecule has 0 spiro atoms. The Labute approximate surface area is 146 Å². The van der Waals surface area contributed by atoms with E-state index in [1.807, 2.05) is 61.5 Å². The second-order valence-electron chi connectivity index (χ2n) is 5.91. The lowest BCUT2D eigenvalue weighted by atomic mass is 9.89. The Kier molecular flexibility index (Phi) is 4.93. The van der Waals surface area contributed by atoms with E-state index >= 15 is 0 Å². The summed E-state index contributed by atoms with van der Waals surface area (Å²) in [5.41, 5.74) is 2.87. The molecule has 5 nitrogen and oxygen atoms in total. The summed E-state index contributed by atoms with van der Waals surface area (Å²) in [7, 11) is 0. The van der Waals surface area contributed by atoms with Crippen molar-refractivity contribution in [2.75, 3.05) is 11.6 Å². The molecule has 0 fully saturated rings. The van der Waals surface area contributed by atoms with E-state index in [0.717, 1.165) is 11.1 Å². The molecule has 5 heteroatoms. The standard InChI is InChI=1S/C20H20N2O3/c1-3-25-20(24)19-17(15-7-5-4-6-8-15)13-18(23)22(21-19)16-11-9-14(2)10-12-16/h4-12,17H,3,13H2,1-2H3/t17-/m0/s1. The van der Waals surface area contributed by atoms with Gasteiger partial charge in [0.1, 0.15) is 0 Å². The maximum absolute atomic E-state index is 12.7. The summed E-state index contributed by atoms with van der Waals surface area (Å²) in [6.07, 6.45) is 0.176. The van der Waals surface area contributed by atoms with Crippen molar-refractivity contribution in [3.05, 3.63) is 65.7 Å². The number of aryl methyl sites for hydroxylation is 1. The fourth-order valence-electron chi connectivity index (χ4n) is 2.83. The van der Waals surface area contributed by atoms with E-state index in [2.05, 4.69) is 5.10 Å². The van der Waals surface area contributed by atoms with Crippen LogP contribution >= 0.6 is 0 Å². The van der Waals surface area contributed by atoms with Crippen LogP contribution < -0.4 is 5.01 Å². The molecule has 1 amide bonds. The summed E-state index contributed by atoms with van der Waals surface area (Å²) in [6, 6.07) is 16.9. The Balaban J connectivity index is 2.02. The van der Waals surface area contributed by atoms with Gasteiger partial charge in [-0.25, -0.2) is 9.80 Å². The maximum atomic E-state index is 12.7. The molecule has 0 N–H and O–H groups in total. The van der Waals surface area contributed by atoms with Gasteiger partial charge in [0.05, 0.1) is 12.3 Å². The molecule has 1 aliphatic rings. The fourth-order valence-corrected chi connectivity index (χ4v) is 2.83. The molecule has 0 saturated carbocycles. The van der Waals surface area contributed by atoms with Gasteiger partial charge in [0.15, 0.2) is 5.71 Å². The van der Waals surface area contributed by atoms with Crippen LogP contribution in [0, 0.1) is 6.92 Å².